The second kappa shape index (κ2) is 6.07. The standard InChI is InChI=1S/C19H19NO4/c1-11(2)19(23)24-14-6-4-5-13(10-14)20-17(21)15-8-7-12(3)9-16(15)18(20)22/h4-7,10,15-16H,1,8-9H2,2-3H3/t15-,16+/m0/s1. The summed E-state index contributed by atoms with van der Waals surface area (Å²) in [6, 6.07) is 6.47. The summed E-state index contributed by atoms with van der Waals surface area (Å²) in [6.07, 6.45) is 3.25. The molecule has 24 heavy (non-hydrogen) atoms. The molecule has 1 aliphatic carbocycles. The SMILES string of the molecule is C=C(C)C(=O)Oc1cccc(N2C(=O)[C@H]3CC=C(C)C[C@H]3C2=O)c1. The third-order valence-corrected chi connectivity index (χ3v) is 4.46. The van der Waals surface area contributed by atoms with E-state index in [9.17, 15) is 14.4 Å². The van der Waals surface area contributed by atoms with Gasteiger partial charge in [0.05, 0.1) is 17.5 Å². The molecule has 0 unspecified atom stereocenters. The van der Waals surface area contributed by atoms with Crippen LogP contribution in [0.5, 0.6) is 5.75 Å². The molecule has 0 N–H and O–H groups in total. The van der Waals surface area contributed by atoms with E-state index in [-0.39, 0.29) is 35.0 Å². The van der Waals surface area contributed by atoms with Gasteiger partial charge in [-0.2, -0.15) is 0 Å². The largest absolute Gasteiger partial charge is 0.423 e. The molecule has 1 saturated heterocycles. The third kappa shape index (κ3) is 2.77. The number of nitrogens with zero attached hydrogens (tertiary/aromatic N) is 1. The van der Waals surface area contributed by atoms with E-state index in [4.69, 9.17) is 4.74 Å². The Balaban J connectivity index is 1.87. The Labute approximate surface area is 140 Å². The van der Waals surface area contributed by atoms with Crippen LogP contribution in [0.25, 0.3) is 0 Å². The summed E-state index contributed by atoms with van der Waals surface area (Å²) in [5, 5.41) is 0. The van der Waals surface area contributed by atoms with Gasteiger partial charge < -0.3 is 4.74 Å². The molecular formula is C19H19NO4. The molecule has 5 heteroatoms. The molecule has 1 fully saturated rings. The molecule has 0 saturated carbocycles. The first-order chi connectivity index (χ1) is 11.4. The van der Waals surface area contributed by atoms with E-state index in [1.54, 1.807) is 25.1 Å². The minimum absolute atomic E-state index is 0.180. The zero-order valence-electron chi connectivity index (χ0n) is 13.7. The maximum atomic E-state index is 12.7. The van der Waals surface area contributed by atoms with Crippen LogP contribution in [0.1, 0.15) is 26.7 Å². The zero-order valence-corrected chi connectivity index (χ0v) is 13.7. The number of anilines is 1. The molecule has 1 heterocycles. The molecule has 0 radical (unpaired) electrons. The maximum absolute atomic E-state index is 12.7. The number of amides is 2. The number of allylic oxidation sites excluding steroid dienone is 2. The normalized spacial score (nSPS) is 22.9. The third-order valence-electron chi connectivity index (χ3n) is 4.46. The van der Waals surface area contributed by atoms with Crippen LogP contribution in [0, 0.1) is 11.8 Å². The lowest BCUT2D eigenvalue weighted by Gasteiger charge is -2.18. The summed E-state index contributed by atoms with van der Waals surface area (Å²) < 4.78 is 5.18. The van der Waals surface area contributed by atoms with Crippen LogP contribution in [0.3, 0.4) is 0 Å². The van der Waals surface area contributed by atoms with Crippen LogP contribution < -0.4 is 9.64 Å². The second-order valence-electron chi connectivity index (χ2n) is 6.38. The van der Waals surface area contributed by atoms with Gasteiger partial charge in [-0.1, -0.05) is 24.3 Å². The Morgan fingerprint density at radius 1 is 1.25 bits per heavy atom. The number of fused-ring (bicyclic) bond motifs is 1. The number of esters is 1. The van der Waals surface area contributed by atoms with E-state index in [1.807, 2.05) is 13.0 Å². The molecule has 0 bridgehead atoms. The average Bonchev–Trinajstić information content (AvgIpc) is 2.78. The van der Waals surface area contributed by atoms with Crippen LogP contribution in [0.4, 0.5) is 5.69 Å². The van der Waals surface area contributed by atoms with Crippen molar-refractivity contribution in [2.24, 2.45) is 11.8 Å². The number of ether oxygens (including phenoxy) is 1. The smallest absolute Gasteiger partial charge is 0.338 e. The van der Waals surface area contributed by atoms with Crippen molar-refractivity contribution in [3.63, 3.8) is 0 Å². The Bertz CT molecular complexity index is 777. The summed E-state index contributed by atoms with van der Waals surface area (Å²) >= 11 is 0. The Kier molecular flexibility index (Phi) is 4.09. The lowest BCUT2D eigenvalue weighted by Crippen LogP contribution is -2.30. The second-order valence-corrected chi connectivity index (χ2v) is 6.38. The minimum Gasteiger partial charge on any atom is -0.423 e. The first kappa shape index (κ1) is 16.2. The number of imide groups is 1. The Morgan fingerprint density at radius 3 is 2.67 bits per heavy atom. The van der Waals surface area contributed by atoms with Crippen LogP contribution in [-0.2, 0) is 14.4 Å². The number of carbonyl (C=O) groups is 3. The van der Waals surface area contributed by atoms with Gasteiger partial charge in [-0.05, 0) is 38.8 Å². The van der Waals surface area contributed by atoms with Crippen molar-refractivity contribution < 1.29 is 19.1 Å². The molecule has 2 aliphatic rings. The van der Waals surface area contributed by atoms with Gasteiger partial charge in [0.15, 0.2) is 0 Å². The highest BCUT2D eigenvalue weighted by molar-refractivity contribution is 6.22. The molecule has 2 atom stereocenters. The van der Waals surface area contributed by atoms with E-state index in [0.29, 0.717) is 18.5 Å². The monoisotopic (exact) mass is 325 g/mol. The number of hydrogen-bond donors (Lipinski definition) is 0. The van der Waals surface area contributed by atoms with Crippen molar-refractivity contribution in [2.45, 2.75) is 26.7 Å². The molecule has 3 rings (SSSR count). The van der Waals surface area contributed by atoms with Gasteiger partial charge in [0, 0.05) is 11.6 Å². The molecule has 2 amide bonds. The molecule has 0 aromatic heterocycles. The van der Waals surface area contributed by atoms with Crippen molar-refractivity contribution in [3.05, 3.63) is 48.1 Å². The van der Waals surface area contributed by atoms with Crippen molar-refractivity contribution >= 4 is 23.5 Å². The Hall–Kier alpha value is -2.69. The number of hydrogen-bond acceptors (Lipinski definition) is 4. The molecule has 124 valence electrons. The number of rotatable bonds is 3. The van der Waals surface area contributed by atoms with Gasteiger partial charge in [0.1, 0.15) is 5.75 Å². The quantitative estimate of drug-likeness (QED) is 0.282. The summed E-state index contributed by atoms with van der Waals surface area (Å²) in [5.74, 6) is -1.20. The topological polar surface area (TPSA) is 63.7 Å². The summed E-state index contributed by atoms with van der Waals surface area (Å²) in [7, 11) is 0. The zero-order chi connectivity index (χ0) is 17.4. The Morgan fingerprint density at radius 2 is 1.96 bits per heavy atom. The van der Waals surface area contributed by atoms with Crippen molar-refractivity contribution in [3.8, 4) is 5.75 Å². The van der Waals surface area contributed by atoms with Crippen LogP contribution in [-0.4, -0.2) is 17.8 Å². The molecule has 1 aromatic rings. The summed E-state index contributed by atoms with van der Waals surface area (Å²) in [5.41, 5.74) is 1.86. The van der Waals surface area contributed by atoms with Crippen molar-refractivity contribution in [2.75, 3.05) is 4.90 Å². The predicted octanol–water partition coefficient (Wildman–Crippen LogP) is 3.01. The van der Waals surface area contributed by atoms with Gasteiger partial charge in [0.25, 0.3) is 0 Å². The summed E-state index contributed by atoms with van der Waals surface area (Å²) in [6.45, 7) is 7.07. The number of benzene rings is 1. The minimum atomic E-state index is -0.542. The van der Waals surface area contributed by atoms with Crippen molar-refractivity contribution in [1.82, 2.24) is 0 Å². The highest BCUT2D eigenvalue weighted by Gasteiger charge is 2.48. The highest BCUT2D eigenvalue weighted by Crippen LogP contribution is 2.40. The highest BCUT2D eigenvalue weighted by atomic mass is 16.5. The maximum Gasteiger partial charge on any atom is 0.338 e. The van der Waals surface area contributed by atoms with Crippen LogP contribution in [0.2, 0.25) is 0 Å². The lowest BCUT2D eigenvalue weighted by atomic mass is 9.82. The summed E-state index contributed by atoms with van der Waals surface area (Å²) in [4.78, 5) is 38.2. The first-order valence-corrected chi connectivity index (χ1v) is 7.89. The lowest BCUT2D eigenvalue weighted by molar-refractivity contribution is -0.130. The fourth-order valence-electron chi connectivity index (χ4n) is 3.17. The fourth-order valence-corrected chi connectivity index (χ4v) is 3.17. The van der Waals surface area contributed by atoms with Crippen LogP contribution >= 0.6 is 0 Å². The average molecular weight is 325 g/mol. The van der Waals surface area contributed by atoms with Crippen LogP contribution in [0.15, 0.2) is 48.1 Å². The van der Waals surface area contributed by atoms with Gasteiger partial charge in [-0.3, -0.25) is 9.59 Å². The van der Waals surface area contributed by atoms with Gasteiger partial charge in [0.2, 0.25) is 11.8 Å². The molecular weight excluding hydrogens is 306 g/mol. The van der Waals surface area contributed by atoms with Gasteiger partial charge in [-0.25, -0.2) is 9.69 Å². The van der Waals surface area contributed by atoms with E-state index >= 15 is 0 Å². The molecule has 1 aliphatic heterocycles. The van der Waals surface area contributed by atoms with E-state index < -0.39 is 5.97 Å². The first-order valence-electron chi connectivity index (χ1n) is 7.89. The van der Waals surface area contributed by atoms with Crippen molar-refractivity contribution in [1.29, 1.82) is 0 Å². The fraction of sp³-hybridized carbons (Fsp3) is 0.316. The predicted molar refractivity (Wildman–Crippen MR) is 89.4 cm³/mol. The van der Waals surface area contributed by atoms with Gasteiger partial charge in [-0.15, -0.1) is 0 Å². The molecule has 5 nitrogen and oxygen atoms in total. The number of carbonyl (C=O) groups excluding carboxylic acids is 3. The van der Waals surface area contributed by atoms with E-state index in [2.05, 4.69) is 6.58 Å². The van der Waals surface area contributed by atoms with E-state index in [1.165, 1.54) is 11.0 Å². The molecule has 1 aromatic carbocycles. The van der Waals surface area contributed by atoms with E-state index in [0.717, 1.165) is 5.57 Å². The molecule has 0 spiro atoms. The van der Waals surface area contributed by atoms with Gasteiger partial charge >= 0.3 is 5.97 Å².